The molecule has 0 unspecified atom stereocenters. The quantitative estimate of drug-likeness (QED) is 0.308. The zero-order valence-corrected chi connectivity index (χ0v) is 15.2. The van der Waals surface area contributed by atoms with Gasteiger partial charge in [-0.25, -0.2) is 5.43 Å². The fourth-order valence-electron chi connectivity index (χ4n) is 1.92. The van der Waals surface area contributed by atoms with Crippen LogP contribution >= 0.6 is 0 Å². The lowest BCUT2D eigenvalue weighted by Gasteiger charge is -2.24. The van der Waals surface area contributed by atoms with E-state index in [-0.39, 0.29) is 0 Å². The van der Waals surface area contributed by atoms with Gasteiger partial charge in [0.2, 0.25) is 0 Å². The van der Waals surface area contributed by atoms with Gasteiger partial charge in [-0.05, 0) is 45.3 Å². The molecule has 0 bridgehead atoms. The molecule has 0 heterocycles. The molecule has 0 spiro atoms. The van der Waals surface area contributed by atoms with Crippen molar-refractivity contribution in [3.63, 3.8) is 0 Å². The minimum Gasteiger partial charge on any atom is -0.311 e. The van der Waals surface area contributed by atoms with Gasteiger partial charge in [-0.2, -0.15) is 0 Å². The van der Waals surface area contributed by atoms with Gasteiger partial charge in [0.1, 0.15) is 0 Å². The van der Waals surface area contributed by atoms with Gasteiger partial charge in [-0.3, -0.25) is 0 Å². The lowest BCUT2D eigenvalue weighted by molar-refractivity contribution is 0.305. The normalized spacial score (nSPS) is 13.8. The van der Waals surface area contributed by atoms with Gasteiger partial charge in [-0.1, -0.05) is 67.3 Å². The van der Waals surface area contributed by atoms with E-state index in [4.69, 9.17) is 0 Å². The summed E-state index contributed by atoms with van der Waals surface area (Å²) >= 11 is 0. The lowest BCUT2D eigenvalue weighted by atomic mass is 10.1. The second-order valence-electron chi connectivity index (χ2n) is 5.12. The summed E-state index contributed by atoms with van der Waals surface area (Å²) in [6.07, 6.45) is 19.3. The van der Waals surface area contributed by atoms with E-state index in [0.717, 1.165) is 25.1 Å². The van der Waals surface area contributed by atoms with E-state index in [0.29, 0.717) is 0 Å². The van der Waals surface area contributed by atoms with Crippen molar-refractivity contribution in [1.82, 2.24) is 10.4 Å². The fraction of sp³-hybridized carbons (Fsp3) is 0.333. The number of hydrazine groups is 1. The summed E-state index contributed by atoms with van der Waals surface area (Å²) in [4.78, 5) is 0. The van der Waals surface area contributed by atoms with Gasteiger partial charge < -0.3 is 5.01 Å². The lowest BCUT2D eigenvalue weighted by Crippen LogP contribution is -2.36. The molecule has 0 aliphatic carbocycles. The highest BCUT2D eigenvalue weighted by atomic mass is 15.5. The molecule has 1 N–H and O–H groups in total. The molecule has 23 heavy (non-hydrogen) atoms. The van der Waals surface area contributed by atoms with Crippen molar-refractivity contribution in [2.45, 2.75) is 34.1 Å². The Morgan fingerprint density at radius 1 is 1.09 bits per heavy atom. The molecule has 0 saturated heterocycles. The van der Waals surface area contributed by atoms with Crippen LogP contribution in [0.3, 0.4) is 0 Å². The maximum Gasteiger partial charge on any atom is 0.0587 e. The first-order chi connectivity index (χ1) is 11.1. The second kappa shape index (κ2) is 13.6. The molecule has 0 amide bonds. The van der Waals surface area contributed by atoms with E-state index in [1.165, 1.54) is 11.1 Å². The summed E-state index contributed by atoms with van der Waals surface area (Å²) in [6.45, 7) is 17.4. The minimum absolute atomic E-state index is 0.718. The van der Waals surface area contributed by atoms with Gasteiger partial charge in [0.15, 0.2) is 0 Å². The highest BCUT2D eigenvalue weighted by Gasteiger charge is 2.05. The molecule has 0 aliphatic rings. The maximum atomic E-state index is 3.84. The molecule has 0 aromatic rings. The van der Waals surface area contributed by atoms with Crippen LogP contribution in [0.1, 0.15) is 34.1 Å². The Morgan fingerprint density at radius 2 is 1.83 bits per heavy atom. The van der Waals surface area contributed by atoms with Gasteiger partial charge in [-0.15, -0.1) is 0 Å². The molecule has 0 aromatic heterocycles. The predicted molar refractivity (Wildman–Crippen MR) is 105 cm³/mol. The molecule has 2 nitrogen and oxygen atoms in total. The van der Waals surface area contributed by atoms with Crippen LogP contribution in [-0.4, -0.2) is 18.1 Å². The topological polar surface area (TPSA) is 15.3 Å². The first-order valence-electron chi connectivity index (χ1n) is 8.13. The average Bonchev–Trinajstić information content (AvgIpc) is 2.58. The zero-order chi connectivity index (χ0) is 17.5. The number of allylic oxidation sites excluding steroid dienone is 7. The summed E-state index contributed by atoms with van der Waals surface area (Å²) in [7, 11) is 0. The van der Waals surface area contributed by atoms with E-state index in [1.54, 1.807) is 6.08 Å². The number of hydrogen-bond donors (Lipinski definition) is 1. The number of rotatable bonds is 11. The standard InChI is InChI=1S/C21H32N2/c1-7-12-13-14-16-23(18-21(11-5)19(6)9-3)22-17-20(10-4)15-8-2/h7-12,14-16,22H,2,4,13,17-18H2,1,3,5-6H3/b12-7-,16-14+,19-9-,20-15+,21-11-. The molecule has 0 aliphatic heterocycles. The van der Waals surface area contributed by atoms with Gasteiger partial charge in [0.05, 0.1) is 6.54 Å². The summed E-state index contributed by atoms with van der Waals surface area (Å²) < 4.78 is 0. The fourth-order valence-corrected chi connectivity index (χ4v) is 1.92. The van der Waals surface area contributed by atoms with Crippen molar-refractivity contribution in [3.8, 4) is 0 Å². The molecule has 0 radical (unpaired) electrons. The van der Waals surface area contributed by atoms with Crippen LogP contribution in [0.25, 0.3) is 0 Å². The first-order valence-corrected chi connectivity index (χ1v) is 8.13. The Kier molecular flexibility index (Phi) is 12.4. The van der Waals surface area contributed by atoms with Crippen LogP contribution in [0.15, 0.2) is 84.7 Å². The molecule has 0 fully saturated rings. The Bertz CT molecular complexity index is 502. The highest BCUT2D eigenvalue weighted by Crippen LogP contribution is 2.11. The Hall–Kier alpha value is -2.06. The number of hydrogen-bond acceptors (Lipinski definition) is 2. The summed E-state index contributed by atoms with van der Waals surface area (Å²) in [5.74, 6) is 0. The van der Waals surface area contributed by atoms with Crippen LogP contribution in [0.4, 0.5) is 0 Å². The molecule has 0 saturated carbocycles. The van der Waals surface area contributed by atoms with E-state index >= 15 is 0 Å². The summed E-state index contributed by atoms with van der Waals surface area (Å²) in [5.41, 5.74) is 7.16. The molecule has 0 atom stereocenters. The van der Waals surface area contributed by atoms with Crippen LogP contribution in [0.2, 0.25) is 0 Å². The SMILES string of the molecule is C=C/C=C(\C=C)CNN(/C=C/C/C=C\C)CC(=C/C)/C(C)=C\C. The maximum absolute atomic E-state index is 3.84. The van der Waals surface area contributed by atoms with Crippen molar-refractivity contribution >= 4 is 0 Å². The Labute approximate surface area is 142 Å². The molecule has 0 rings (SSSR count). The number of nitrogens with zero attached hydrogens (tertiary/aromatic N) is 1. The number of nitrogens with one attached hydrogen (secondary N) is 1. The van der Waals surface area contributed by atoms with Crippen LogP contribution in [0.5, 0.6) is 0 Å². The van der Waals surface area contributed by atoms with Crippen LogP contribution in [0, 0.1) is 0 Å². The monoisotopic (exact) mass is 312 g/mol. The van der Waals surface area contributed by atoms with E-state index < -0.39 is 0 Å². The first kappa shape index (κ1) is 20.9. The third-order valence-electron chi connectivity index (χ3n) is 3.50. The molecule has 2 heteroatoms. The van der Waals surface area contributed by atoms with Crippen LogP contribution < -0.4 is 5.43 Å². The van der Waals surface area contributed by atoms with Crippen molar-refractivity contribution in [1.29, 1.82) is 0 Å². The molecular weight excluding hydrogens is 280 g/mol. The van der Waals surface area contributed by atoms with Crippen molar-refractivity contribution in [2.24, 2.45) is 0 Å². The van der Waals surface area contributed by atoms with Crippen molar-refractivity contribution in [3.05, 3.63) is 84.7 Å². The molecular formula is C21H32N2. The average molecular weight is 313 g/mol. The summed E-state index contributed by atoms with van der Waals surface area (Å²) in [5, 5.41) is 2.12. The smallest absolute Gasteiger partial charge is 0.0587 e. The zero-order valence-electron chi connectivity index (χ0n) is 15.2. The second-order valence-corrected chi connectivity index (χ2v) is 5.12. The molecule has 0 aromatic carbocycles. The highest BCUT2D eigenvalue weighted by molar-refractivity contribution is 5.29. The minimum atomic E-state index is 0.718. The van der Waals surface area contributed by atoms with Crippen molar-refractivity contribution in [2.75, 3.05) is 13.1 Å². The Morgan fingerprint density at radius 3 is 2.35 bits per heavy atom. The Balaban J connectivity index is 5.00. The van der Waals surface area contributed by atoms with E-state index in [2.05, 4.69) is 80.9 Å². The third-order valence-corrected chi connectivity index (χ3v) is 3.50. The third kappa shape index (κ3) is 9.54. The van der Waals surface area contributed by atoms with E-state index in [1.807, 2.05) is 19.1 Å². The summed E-state index contributed by atoms with van der Waals surface area (Å²) in [6, 6.07) is 0. The largest absolute Gasteiger partial charge is 0.311 e. The van der Waals surface area contributed by atoms with Crippen LogP contribution in [-0.2, 0) is 0 Å². The van der Waals surface area contributed by atoms with Gasteiger partial charge in [0, 0.05) is 12.7 Å². The van der Waals surface area contributed by atoms with E-state index in [9.17, 15) is 0 Å². The van der Waals surface area contributed by atoms with Gasteiger partial charge in [0.25, 0.3) is 0 Å². The molecule has 126 valence electrons. The predicted octanol–water partition coefficient (Wildman–Crippen LogP) is 5.48. The van der Waals surface area contributed by atoms with Crippen molar-refractivity contribution < 1.29 is 0 Å². The van der Waals surface area contributed by atoms with Gasteiger partial charge >= 0.3 is 0 Å².